The third kappa shape index (κ3) is 4.13. The molecule has 0 amide bonds. The van der Waals surface area contributed by atoms with E-state index in [2.05, 4.69) is 5.32 Å². The Hall–Kier alpha value is -2.96. The minimum atomic E-state index is -1.20. The van der Waals surface area contributed by atoms with E-state index in [1.54, 1.807) is 0 Å². The number of hydrogen-bond acceptors (Lipinski definition) is 3. The van der Waals surface area contributed by atoms with E-state index < -0.39 is 23.4 Å². The molecule has 0 aliphatic rings. The Labute approximate surface area is 168 Å². The molecule has 4 nitrogen and oxygen atoms in total. The number of carboxylic acid groups (broad SMARTS) is 1. The summed E-state index contributed by atoms with van der Waals surface area (Å²) in [6, 6.07) is 11.1. The molecule has 0 radical (unpaired) electrons. The van der Waals surface area contributed by atoms with E-state index in [0.29, 0.717) is 5.69 Å². The summed E-state index contributed by atoms with van der Waals surface area (Å²) in [5, 5.41) is 12.0. The molecule has 0 atom stereocenters. The average molecular weight is 422 g/mol. The molecule has 0 saturated heterocycles. The van der Waals surface area contributed by atoms with Crippen molar-refractivity contribution in [1.29, 1.82) is 0 Å². The second-order valence-electron chi connectivity index (χ2n) is 5.77. The normalized spacial score (nSPS) is 10.6. The van der Waals surface area contributed by atoms with Crippen molar-refractivity contribution in [3.05, 3.63) is 93.0 Å². The molecule has 0 aliphatic heterocycles. The zero-order chi connectivity index (χ0) is 20.4. The highest BCUT2D eigenvalue weighted by molar-refractivity contribution is 6.38. The van der Waals surface area contributed by atoms with Crippen molar-refractivity contribution >= 4 is 46.3 Å². The first-order valence-corrected chi connectivity index (χ1v) is 8.61. The van der Waals surface area contributed by atoms with Gasteiger partial charge in [-0.15, -0.1) is 0 Å². The number of ketones is 1. The molecule has 0 aliphatic carbocycles. The third-order valence-corrected chi connectivity index (χ3v) is 4.52. The lowest BCUT2D eigenvalue weighted by Gasteiger charge is -2.11. The largest absolute Gasteiger partial charge is 0.478 e. The third-order valence-electron chi connectivity index (χ3n) is 3.88. The van der Waals surface area contributed by atoms with E-state index in [4.69, 9.17) is 28.3 Å². The van der Waals surface area contributed by atoms with Crippen molar-refractivity contribution in [2.24, 2.45) is 0 Å². The molecule has 3 aromatic rings. The fourth-order valence-electron chi connectivity index (χ4n) is 2.50. The summed E-state index contributed by atoms with van der Waals surface area (Å²) in [5.74, 6) is -3.24. The zero-order valence-electron chi connectivity index (χ0n) is 14.0. The van der Waals surface area contributed by atoms with E-state index in [9.17, 15) is 18.4 Å². The quantitative estimate of drug-likeness (QED) is 0.499. The molecule has 3 rings (SSSR count). The minimum Gasteiger partial charge on any atom is -0.478 e. The summed E-state index contributed by atoms with van der Waals surface area (Å²) in [7, 11) is 0. The van der Waals surface area contributed by atoms with Gasteiger partial charge < -0.3 is 10.4 Å². The van der Waals surface area contributed by atoms with Gasteiger partial charge >= 0.3 is 5.97 Å². The second-order valence-corrected chi connectivity index (χ2v) is 6.59. The molecule has 0 unspecified atom stereocenters. The number of carbonyl (C=O) groups is 2. The highest BCUT2D eigenvalue weighted by atomic mass is 35.5. The monoisotopic (exact) mass is 421 g/mol. The van der Waals surface area contributed by atoms with Gasteiger partial charge in [-0.2, -0.15) is 0 Å². The van der Waals surface area contributed by atoms with Gasteiger partial charge in [-0.25, -0.2) is 13.6 Å². The van der Waals surface area contributed by atoms with Gasteiger partial charge in [0.15, 0.2) is 5.78 Å². The van der Waals surface area contributed by atoms with Crippen LogP contribution in [0.2, 0.25) is 10.0 Å². The van der Waals surface area contributed by atoms with E-state index in [1.807, 2.05) is 0 Å². The predicted octanol–water partition coefficient (Wildman–Crippen LogP) is 5.94. The Balaban J connectivity index is 1.91. The standard InChI is InChI=1S/C20H11Cl2F2NO3/c21-15-5-1-10(20(27)28)7-14(15)19(26)13-4-3-12(9-16(13)22)25-18-6-2-11(23)8-17(18)24/h1-9,25H,(H,27,28). The molecule has 0 heterocycles. The molecule has 2 N–H and O–H groups in total. The summed E-state index contributed by atoms with van der Waals surface area (Å²) < 4.78 is 26.8. The minimum absolute atomic E-state index is 0.00578. The van der Waals surface area contributed by atoms with Crippen LogP contribution in [0.5, 0.6) is 0 Å². The Morgan fingerprint density at radius 2 is 1.61 bits per heavy atom. The maximum Gasteiger partial charge on any atom is 0.335 e. The van der Waals surface area contributed by atoms with Gasteiger partial charge in [-0.05, 0) is 48.5 Å². The van der Waals surface area contributed by atoms with Crippen molar-refractivity contribution in [2.75, 3.05) is 5.32 Å². The van der Waals surface area contributed by atoms with Crippen LogP contribution in [0.4, 0.5) is 20.2 Å². The number of halogens is 4. The fourth-order valence-corrected chi connectivity index (χ4v) is 2.97. The number of aromatic carboxylic acids is 1. The van der Waals surface area contributed by atoms with Crippen molar-refractivity contribution in [1.82, 2.24) is 0 Å². The van der Waals surface area contributed by atoms with Crippen LogP contribution in [0.25, 0.3) is 0 Å². The Morgan fingerprint density at radius 1 is 0.857 bits per heavy atom. The van der Waals surface area contributed by atoms with Crippen LogP contribution < -0.4 is 5.32 Å². The van der Waals surface area contributed by atoms with Gasteiger partial charge in [0, 0.05) is 22.9 Å². The first-order valence-electron chi connectivity index (χ1n) is 7.85. The predicted molar refractivity (Wildman–Crippen MR) is 103 cm³/mol. The molecule has 0 aromatic heterocycles. The van der Waals surface area contributed by atoms with Crippen molar-refractivity contribution in [2.45, 2.75) is 0 Å². The summed E-state index contributed by atoms with van der Waals surface area (Å²) >= 11 is 12.2. The van der Waals surface area contributed by atoms with E-state index >= 15 is 0 Å². The van der Waals surface area contributed by atoms with Crippen molar-refractivity contribution in [3.63, 3.8) is 0 Å². The van der Waals surface area contributed by atoms with Crippen LogP contribution >= 0.6 is 23.2 Å². The van der Waals surface area contributed by atoms with Crippen LogP contribution in [0, 0.1) is 11.6 Å². The molecule has 3 aromatic carbocycles. The lowest BCUT2D eigenvalue weighted by molar-refractivity contribution is 0.0697. The van der Waals surface area contributed by atoms with E-state index in [0.717, 1.165) is 12.1 Å². The number of benzene rings is 3. The van der Waals surface area contributed by atoms with E-state index in [1.165, 1.54) is 42.5 Å². The van der Waals surface area contributed by atoms with Crippen LogP contribution in [-0.4, -0.2) is 16.9 Å². The van der Waals surface area contributed by atoms with Gasteiger partial charge in [-0.1, -0.05) is 23.2 Å². The summed E-state index contributed by atoms with van der Waals surface area (Å²) in [5.41, 5.74) is 0.408. The summed E-state index contributed by atoms with van der Waals surface area (Å²) in [4.78, 5) is 23.9. The average Bonchev–Trinajstić information content (AvgIpc) is 2.64. The highest BCUT2D eigenvalue weighted by Crippen LogP contribution is 2.29. The molecule has 0 spiro atoms. The maximum atomic E-state index is 13.8. The lowest BCUT2D eigenvalue weighted by atomic mass is 10.0. The second kappa shape index (κ2) is 7.96. The van der Waals surface area contributed by atoms with Crippen LogP contribution in [0.1, 0.15) is 26.3 Å². The van der Waals surface area contributed by atoms with Crippen LogP contribution in [-0.2, 0) is 0 Å². The van der Waals surface area contributed by atoms with Crippen molar-refractivity contribution < 1.29 is 23.5 Å². The Kier molecular flexibility index (Phi) is 5.63. The zero-order valence-corrected chi connectivity index (χ0v) is 15.5. The summed E-state index contributed by atoms with van der Waals surface area (Å²) in [6.45, 7) is 0. The fraction of sp³-hybridized carbons (Fsp3) is 0. The molecular weight excluding hydrogens is 411 g/mol. The Bertz CT molecular complexity index is 1100. The number of nitrogens with one attached hydrogen (secondary N) is 1. The topological polar surface area (TPSA) is 66.4 Å². The van der Waals surface area contributed by atoms with Crippen LogP contribution in [0.3, 0.4) is 0 Å². The Morgan fingerprint density at radius 3 is 2.25 bits per heavy atom. The van der Waals surface area contributed by atoms with Gasteiger partial charge in [0.1, 0.15) is 11.6 Å². The number of carboxylic acids is 1. The van der Waals surface area contributed by atoms with Gasteiger partial charge in [-0.3, -0.25) is 4.79 Å². The van der Waals surface area contributed by atoms with Gasteiger partial charge in [0.25, 0.3) is 0 Å². The molecule has 142 valence electrons. The smallest absolute Gasteiger partial charge is 0.335 e. The molecule has 0 fully saturated rings. The number of anilines is 2. The van der Waals surface area contributed by atoms with E-state index in [-0.39, 0.29) is 32.4 Å². The maximum absolute atomic E-state index is 13.8. The van der Waals surface area contributed by atoms with Crippen molar-refractivity contribution in [3.8, 4) is 0 Å². The first kappa shape index (κ1) is 19.8. The number of rotatable bonds is 5. The lowest BCUT2D eigenvalue weighted by Crippen LogP contribution is -2.06. The molecule has 0 saturated carbocycles. The number of hydrogen-bond donors (Lipinski definition) is 2. The molecule has 28 heavy (non-hydrogen) atoms. The number of carbonyl (C=O) groups excluding carboxylic acids is 1. The SMILES string of the molecule is O=C(O)c1ccc(Cl)c(C(=O)c2ccc(Nc3ccc(F)cc3F)cc2Cl)c1. The van der Waals surface area contributed by atoms with Gasteiger partial charge in [0.05, 0.1) is 21.3 Å². The first-order chi connectivity index (χ1) is 13.3. The highest BCUT2D eigenvalue weighted by Gasteiger charge is 2.18. The molecule has 8 heteroatoms. The molecule has 0 bridgehead atoms. The summed E-state index contributed by atoms with van der Waals surface area (Å²) in [6.07, 6.45) is 0. The molecular formula is C20H11Cl2F2NO3. The van der Waals surface area contributed by atoms with Crippen LogP contribution in [0.15, 0.2) is 54.6 Å². The van der Waals surface area contributed by atoms with Gasteiger partial charge in [0.2, 0.25) is 0 Å².